The Morgan fingerprint density at radius 3 is 2.35 bits per heavy atom. The molecule has 0 bridgehead atoms. The molecule has 0 saturated heterocycles. The molecule has 110 valence electrons. The monoisotopic (exact) mass is 289 g/mol. The van der Waals surface area contributed by atoms with Gasteiger partial charge < -0.3 is 15.2 Å². The lowest BCUT2D eigenvalue weighted by Crippen LogP contribution is -2.54. The first-order valence-electron chi connectivity index (χ1n) is 6.12. The molecule has 0 radical (unpaired) electrons. The van der Waals surface area contributed by atoms with E-state index in [1.165, 1.54) is 12.1 Å². The van der Waals surface area contributed by atoms with Crippen LogP contribution in [0.4, 0.5) is 13.2 Å². The zero-order chi connectivity index (χ0) is 14.8. The van der Waals surface area contributed by atoms with Crippen molar-refractivity contribution in [3.05, 3.63) is 30.3 Å². The second-order valence-corrected chi connectivity index (χ2v) is 4.56. The Hall–Kier alpha value is -1.76. The van der Waals surface area contributed by atoms with Crippen LogP contribution in [0.15, 0.2) is 30.3 Å². The fourth-order valence-corrected chi connectivity index (χ4v) is 1.50. The van der Waals surface area contributed by atoms with Gasteiger partial charge in [-0.25, -0.2) is 4.79 Å². The molecule has 0 amide bonds. The lowest BCUT2D eigenvalue weighted by Gasteiger charge is -2.25. The molecule has 0 unspecified atom stereocenters. The number of benzene rings is 1. The van der Waals surface area contributed by atoms with Gasteiger partial charge >= 0.3 is 12.1 Å². The van der Waals surface area contributed by atoms with Gasteiger partial charge in [-0.15, -0.1) is 0 Å². The maximum absolute atomic E-state index is 12.7. The second-order valence-electron chi connectivity index (χ2n) is 4.56. The summed E-state index contributed by atoms with van der Waals surface area (Å²) < 4.78 is 48.0. The highest BCUT2D eigenvalue weighted by Crippen LogP contribution is 2.28. The average molecular weight is 289 g/mol. The number of esters is 1. The quantitative estimate of drug-likeness (QED) is 0.843. The zero-order valence-electron chi connectivity index (χ0n) is 10.5. The Balaban J connectivity index is 2.12. The SMILES string of the molecule is N[C@H]([C@@H](Oc1ccccc1)C(=O)OC1CC1)C(F)(F)F. The van der Waals surface area contributed by atoms with Crippen LogP contribution < -0.4 is 10.5 Å². The van der Waals surface area contributed by atoms with E-state index in [1.54, 1.807) is 18.2 Å². The van der Waals surface area contributed by atoms with Crippen molar-refractivity contribution in [1.82, 2.24) is 0 Å². The normalized spacial score (nSPS) is 18.2. The fourth-order valence-electron chi connectivity index (χ4n) is 1.50. The maximum atomic E-state index is 12.7. The van der Waals surface area contributed by atoms with Crippen molar-refractivity contribution < 1.29 is 27.4 Å². The van der Waals surface area contributed by atoms with Crippen LogP contribution in [-0.2, 0) is 9.53 Å². The van der Waals surface area contributed by atoms with Gasteiger partial charge in [-0.3, -0.25) is 0 Å². The van der Waals surface area contributed by atoms with E-state index in [2.05, 4.69) is 0 Å². The van der Waals surface area contributed by atoms with Crippen molar-refractivity contribution in [1.29, 1.82) is 0 Å². The highest BCUT2D eigenvalue weighted by Gasteiger charge is 2.48. The molecule has 0 aliphatic heterocycles. The van der Waals surface area contributed by atoms with Gasteiger partial charge in [0.05, 0.1) is 0 Å². The third-order valence-electron chi connectivity index (χ3n) is 2.75. The number of hydrogen-bond acceptors (Lipinski definition) is 4. The summed E-state index contributed by atoms with van der Waals surface area (Å²) in [6.45, 7) is 0. The third kappa shape index (κ3) is 3.86. The Bertz CT molecular complexity index is 460. The highest BCUT2D eigenvalue weighted by atomic mass is 19.4. The minimum Gasteiger partial charge on any atom is -0.477 e. The van der Waals surface area contributed by atoms with Crippen LogP contribution >= 0.6 is 0 Å². The first kappa shape index (κ1) is 14.6. The van der Waals surface area contributed by atoms with Gasteiger partial charge in [0.1, 0.15) is 17.9 Å². The van der Waals surface area contributed by atoms with E-state index in [0.717, 1.165) is 0 Å². The molecule has 2 N–H and O–H groups in total. The highest BCUT2D eigenvalue weighted by molar-refractivity contribution is 5.76. The number of rotatable bonds is 5. The van der Waals surface area contributed by atoms with Crippen molar-refractivity contribution in [2.45, 2.75) is 37.3 Å². The van der Waals surface area contributed by atoms with E-state index in [9.17, 15) is 18.0 Å². The average Bonchev–Trinajstić information content (AvgIpc) is 3.19. The summed E-state index contributed by atoms with van der Waals surface area (Å²) in [5.74, 6) is -0.953. The van der Waals surface area contributed by atoms with Crippen molar-refractivity contribution in [2.75, 3.05) is 0 Å². The van der Waals surface area contributed by atoms with E-state index in [4.69, 9.17) is 15.2 Å². The fraction of sp³-hybridized carbons (Fsp3) is 0.462. The molecule has 1 aliphatic carbocycles. The molecule has 0 aromatic heterocycles. The molecule has 0 spiro atoms. The topological polar surface area (TPSA) is 61.5 Å². The van der Waals surface area contributed by atoms with Crippen molar-refractivity contribution in [2.24, 2.45) is 5.73 Å². The Morgan fingerprint density at radius 2 is 1.85 bits per heavy atom. The van der Waals surface area contributed by atoms with E-state index in [0.29, 0.717) is 12.8 Å². The molecule has 0 heterocycles. The van der Waals surface area contributed by atoms with Crippen molar-refractivity contribution >= 4 is 5.97 Å². The van der Waals surface area contributed by atoms with Crippen LogP contribution in [0.25, 0.3) is 0 Å². The number of carbonyl (C=O) groups excluding carboxylic acids is 1. The second kappa shape index (κ2) is 5.70. The number of nitrogens with two attached hydrogens (primary N) is 1. The summed E-state index contributed by atoms with van der Waals surface area (Å²) in [7, 11) is 0. The molecule has 1 saturated carbocycles. The number of halogens is 3. The Kier molecular flexibility index (Phi) is 4.17. The molecule has 7 heteroatoms. The van der Waals surface area contributed by atoms with Gasteiger partial charge in [0.25, 0.3) is 0 Å². The summed E-state index contributed by atoms with van der Waals surface area (Å²) >= 11 is 0. The predicted molar refractivity (Wildman–Crippen MR) is 64.0 cm³/mol. The van der Waals surface area contributed by atoms with Crippen LogP contribution in [0.2, 0.25) is 0 Å². The minimum atomic E-state index is -4.75. The van der Waals surface area contributed by atoms with Crippen LogP contribution in [0.3, 0.4) is 0 Å². The summed E-state index contributed by atoms with van der Waals surface area (Å²) in [5, 5.41) is 0. The first-order valence-corrected chi connectivity index (χ1v) is 6.12. The van der Waals surface area contributed by atoms with E-state index in [-0.39, 0.29) is 11.9 Å². The minimum absolute atomic E-state index is 0.130. The first-order chi connectivity index (χ1) is 9.38. The van der Waals surface area contributed by atoms with Crippen LogP contribution in [0.5, 0.6) is 5.75 Å². The van der Waals surface area contributed by atoms with Gasteiger partial charge in [0.15, 0.2) is 0 Å². The third-order valence-corrected chi connectivity index (χ3v) is 2.75. The summed E-state index contributed by atoms with van der Waals surface area (Å²) in [4.78, 5) is 11.8. The smallest absolute Gasteiger partial charge is 0.407 e. The molecule has 1 fully saturated rings. The molecular formula is C13H14F3NO3. The van der Waals surface area contributed by atoms with Crippen molar-refractivity contribution in [3.8, 4) is 5.75 Å². The van der Waals surface area contributed by atoms with Gasteiger partial charge in [0.2, 0.25) is 6.10 Å². The van der Waals surface area contributed by atoms with E-state index < -0.39 is 24.3 Å². The zero-order valence-corrected chi connectivity index (χ0v) is 10.5. The number of carbonyl (C=O) groups is 1. The summed E-state index contributed by atoms with van der Waals surface area (Å²) in [5.41, 5.74) is 5.09. The number of alkyl halides is 3. The number of para-hydroxylation sites is 1. The molecule has 1 aliphatic rings. The Morgan fingerprint density at radius 1 is 1.25 bits per heavy atom. The van der Waals surface area contributed by atoms with Crippen molar-refractivity contribution in [3.63, 3.8) is 0 Å². The van der Waals surface area contributed by atoms with Gasteiger partial charge in [-0.2, -0.15) is 13.2 Å². The largest absolute Gasteiger partial charge is 0.477 e. The molecule has 2 atom stereocenters. The predicted octanol–water partition coefficient (Wildman–Crippen LogP) is 2.03. The van der Waals surface area contributed by atoms with Crippen LogP contribution in [-0.4, -0.2) is 30.4 Å². The van der Waals surface area contributed by atoms with E-state index >= 15 is 0 Å². The van der Waals surface area contributed by atoms with Gasteiger partial charge in [0, 0.05) is 0 Å². The maximum Gasteiger partial charge on any atom is 0.407 e. The van der Waals surface area contributed by atoms with Gasteiger partial charge in [-0.05, 0) is 25.0 Å². The molecule has 1 aromatic carbocycles. The molecule has 2 rings (SSSR count). The lowest BCUT2D eigenvalue weighted by molar-refractivity contribution is -0.183. The lowest BCUT2D eigenvalue weighted by atomic mass is 10.1. The summed E-state index contributed by atoms with van der Waals surface area (Å²) in [6.07, 6.45) is -5.65. The van der Waals surface area contributed by atoms with Crippen LogP contribution in [0, 0.1) is 0 Å². The summed E-state index contributed by atoms with van der Waals surface area (Å²) in [6, 6.07) is 5.29. The van der Waals surface area contributed by atoms with Crippen LogP contribution in [0.1, 0.15) is 12.8 Å². The molecular weight excluding hydrogens is 275 g/mol. The van der Waals surface area contributed by atoms with E-state index in [1.807, 2.05) is 0 Å². The van der Waals surface area contributed by atoms with Gasteiger partial charge in [-0.1, -0.05) is 18.2 Å². The molecule has 4 nitrogen and oxygen atoms in total. The number of hydrogen-bond donors (Lipinski definition) is 1. The molecule has 20 heavy (non-hydrogen) atoms. The number of ether oxygens (including phenoxy) is 2. The molecule has 1 aromatic rings. The standard InChI is InChI=1S/C13H14F3NO3/c14-13(15,16)11(17)10(12(18)20-9-6-7-9)19-8-4-2-1-3-5-8/h1-5,9-11H,6-7,17H2/t10-,11-/m1/s1. The Labute approximate surface area is 113 Å².